The zero-order valence-electron chi connectivity index (χ0n) is 3.96. The van der Waals surface area contributed by atoms with Crippen molar-refractivity contribution in [3.05, 3.63) is 36.7 Å². The van der Waals surface area contributed by atoms with Gasteiger partial charge in [0.25, 0.3) is 0 Å². The van der Waals surface area contributed by atoms with Gasteiger partial charge in [-0.05, 0) is 12.2 Å². The highest BCUT2D eigenvalue weighted by molar-refractivity contribution is 5.75. The molecule has 1 aliphatic rings. The van der Waals surface area contributed by atoms with E-state index in [4.69, 9.17) is 0 Å². The second-order valence-electron chi connectivity index (χ2n) is 1.27. The third-order valence-corrected chi connectivity index (χ3v) is 0.718. The van der Waals surface area contributed by atoms with Crippen molar-refractivity contribution in [2.75, 3.05) is 0 Å². The molecule has 8 heavy (non-hydrogen) atoms. The lowest BCUT2D eigenvalue weighted by Crippen LogP contribution is -1.87. The molecular weight excluding hydrogens is 96.9 g/mol. The van der Waals surface area contributed by atoms with Crippen LogP contribution in [0, 0.1) is 0 Å². The van der Waals surface area contributed by atoms with E-state index in [0.29, 0.717) is 0 Å². The molecule has 0 saturated carbocycles. The van der Waals surface area contributed by atoms with Gasteiger partial charge >= 0.3 is 0 Å². The summed E-state index contributed by atoms with van der Waals surface area (Å²) in [5.41, 5.74) is 0. The first-order valence-corrected chi connectivity index (χ1v) is 2.24. The highest BCUT2D eigenvalue weighted by Crippen LogP contribution is 1.81. The lowest BCUT2D eigenvalue weighted by molar-refractivity contribution is 1.20. The molecular formula is C6H10BN. The molecule has 1 aliphatic heterocycles. The van der Waals surface area contributed by atoms with Crippen molar-refractivity contribution in [1.29, 1.82) is 0 Å². The maximum Gasteiger partial charge on any atom is 0.0814 e. The van der Waals surface area contributed by atoms with Crippen LogP contribution in [0.15, 0.2) is 36.7 Å². The summed E-state index contributed by atoms with van der Waals surface area (Å²) < 4.78 is 0. The Hall–Kier alpha value is -0.915. The van der Waals surface area contributed by atoms with Gasteiger partial charge in [0, 0.05) is 12.4 Å². The Morgan fingerprint density at radius 1 is 0.750 bits per heavy atom. The van der Waals surface area contributed by atoms with Gasteiger partial charge in [0.05, 0.1) is 8.41 Å². The van der Waals surface area contributed by atoms with Crippen LogP contribution in [0.4, 0.5) is 0 Å². The number of hydrogen-bond acceptors (Lipinski definition) is 1. The van der Waals surface area contributed by atoms with Gasteiger partial charge in [0.15, 0.2) is 0 Å². The molecule has 0 aromatic carbocycles. The summed E-state index contributed by atoms with van der Waals surface area (Å²) in [7, 11) is 0. The summed E-state index contributed by atoms with van der Waals surface area (Å²) in [5, 5.41) is 2.92. The van der Waals surface area contributed by atoms with Crippen LogP contribution in [0.5, 0.6) is 0 Å². The van der Waals surface area contributed by atoms with Gasteiger partial charge in [-0.1, -0.05) is 12.2 Å². The minimum absolute atomic E-state index is 0. The SMILES string of the molecule is B.C1=CC=CNC=C1. The van der Waals surface area contributed by atoms with E-state index in [2.05, 4.69) is 5.32 Å². The molecule has 0 aliphatic carbocycles. The van der Waals surface area contributed by atoms with Gasteiger partial charge in [-0.25, -0.2) is 0 Å². The van der Waals surface area contributed by atoms with Crippen LogP contribution in [-0.4, -0.2) is 8.41 Å². The first-order chi connectivity index (χ1) is 3.50. The fourth-order valence-electron chi connectivity index (χ4n) is 0.406. The zero-order valence-corrected chi connectivity index (χ0v) is 3.96. The van der Waals surface area contributed by atoms with Gasteiger partial charge in [0.2, 0.25) is 0 Å². The van der Waals surface area contributed by atoms with E-state index < -0.39 is 0 Å². The van der Waals surface area contributed by atoms with Crippen molar-refractivity contribution < 1.29 is 0 Å². The Morgan fingerprint density at radius 3 is 1.75 bits per heavy atom. The lowest BCUT2D eigenvalue weighted by atomic mass is 10.5. The molecule has 0 bridgehead atoms. The highest BCUT2D eigenvalue weighted by Gasteiger charge is 1.67. The van der Waals surface area contributed by atoms with Crippen LogP contribution in [0.2, 0.25) is 0 Å². The smallest absolute Gasteiger partial charge is 0.0814 e. The van der Waals surface area contributed by atoms with E-state index in [0.717, 1.165) is 0 Å². The average molecular weight is 107 g/mol. The molecule has 42 valence electrons. The molecule has 0 aromatic rings. The predicted molar refractivity (Wildman–Crippen MR) is 40.5 cm³/mol. The molecule has 0 unspecified atom stereocenters. The average Bonchev–Trinajstić information content (AvgIpc) is 1.90. The summed E-state index contributed by atoms with van der Waals surface area (Å²) in [6.07, 6.45) is 11.6. The Bertz CT molecular complexity index is 110. The van der Waals surface area contributed by atoms with E-state index >= 15 is 0 Å². The van der Waals surface area contributed by atoms with Gasteiger partial charge < -0.3 is 5.32 Å². The van der Waals surface area contributed by atoms with E-state index in [1.807, 2.05) is 36.7 Å². The topological polar surface area (TPSA) is 12.0 Å². The van der Waals surface area contributed by atoms with Gasteiger partial charge in [-0.3, -0.25) is 0 Å². The Kier molecular flexibility index (Phi) is 3.76. The Labute approximate surface area is 51.4 Å². The van der Waals surface area contributed by atoms with Gasteiger partial charge in [-0.15, -0.1) is 0 Å². The van der Waals surface area contributed by atoms with Crippen molar-refractivity contribution in [3.8, 4) is 0 Å². The third-order valence-electron chi connectivity index (χ3n) is 0.718. The van der Waals surface area contributed by atoms with Crippen LogP contribution in [-0.2, 0) is 0 Å². The predicted octanol–water partition coefficient (Wildman–Crippen LogP) is -0.0107. The van der Waals surface area contributed by atoms with Crippen LogP contribution in [0.3, 0.4) is 0 Å². The van der Waals surface area contributed by atoms with E-state index in [1.54, 1.807) is 0 Å². The number of rotatable bonds is 0. The van der Waals surface area contributed by atoms with E-state index in [9.17, 15) is 0 Å². The fourth-order valence-corrected chi connectivity index (χ4v) is 0.406. The third kappa shape index (κ3) is 2.29. The summed E-state index contributed by atoms with van der Waals surface area (Å²) >= 11 is 0. The summed E-state index contributed by atoms with van der Waals surface area (Å²) in [5.74, 6) is 0. The molecule has 1 N–H and O–H groups in total. The van der Waals surface area contributed by atoms with Crippen molar-refractivity contribution in [1.82, 2.24) is 5.32 Å². The van der Waals surface area contributed by atoms with E-state index in [1.165, 1.54) is 0 Å². The maximum atomic E-state index is 2.92. The molecule has 0 spiro atoms. The molecule has 1 heterocycles. The standard InChI is InChI=1S/C6H7N.BH3/c1-2-4-6-7-5-3-1;/h1-7H;1H3. The molecule has 0 saturated heterocycles. The second-order valence-corrected chi connectivity index (χ2v) is 1.27. The normalized spacial score (nSPS) is 14.0. The minimum atomic E-state index is 0. The largest absolute Gasteiger partial charge is 0.368 e. The molecule has 1 rings (SSSR count). The maximum absolute atomic E-state index is 2.92. The molecule has 0 amide bonds. The van der Waals surface area contributed by atoms with Crippen LogP contribution in [0.25, 0.3) is 0 Å². The quantitative estimate of drug-likeness (QED) is 0.429. The molecule has 2 heteroatoms. The van der Waals surface area contributed by atoms with Crippen molar-refractivity contribution in [3.63, 3.8) is 0 Å². The summed E-state index contributed by atoms with van der Waals surface area (Å²) in [6, 6.07) is 0. The van der Waals surface area contributed by atoms with Gasteiger partial charge in [0.1, 0.15) is 0 Å². The number of nitrogens with one attached hydrogen (secondary N) is 1. The molecule has 1 nitrogen and oxygen atoms in total. The summed E-state index contributed by atoms with van der Waals surface area (Å²) in [4.78, 5) is 0. The van der Waals surface area contributed by atoms with Crippen molar-refractivity contribution >= 4 is 8.41 Å². The first kappa shape index (κ1) is 7.08. The molecule has 0 fully saturated rings. The number of hydrogen-bond donors (Lipinski definition) is 1. The zero-order chi connectivity index (χ0) is 4.95. The molecule has 0 aromatic heterocycles. The second kappa shape index (κ2) is 4.25. The van der Waals surface area contributed by atoms with E-state index in [-0.39, 0.29) is 8.41 Å². The van der Waals surface area contributed by atoms with Crippen molar-refractivity contribution in [2.45, 2.75) is 0 Å². The highest BCUT2D eigenvalue weighted by atomic mass is 14.8. The van der Waals surface area contributed by atoms with Crippen LogP contribution >= 0.6 is 0 Å². The monoisotopic (exact) mass is 107 g/mol. The molecule has 0 atom stereocenters. The molecule has 0 radical (unpaired) electrons. The summed E-state index contributed by atoms with van der Waals surface area (Å²) in [6.45, 7) is 0. The first-order valence-electron chi connectivity index (χ1n) is 2.24. The fraction of sp³-hybridized carbons (Fsp3) is 0. The van der Waals surface area contributed by atoms with Gasteiger partial charge in [-0.2, -0.15) is 0 Å². The van der Waals surface area contributed by atoms with Crippen molar-refractivity contribution in [2.24, 2.45) is 0 Å². The minimum Gasteiger partial charge on any atom is -0.368 e. The van der Waals surface area contributed by atoms with Crippen LogP contribution < -0.4 is 5.32 Å². The van der Waals surface area contributed by atoms with Crippen LogP contribution in [0.1, 0.15) is 0 Å². The Morgan fingerprint density at radius 2 is 1.25 bits per heavy atom. The Balaban J connectivity index is 0.000000490. The number of allylic oxidation sites excluding steroid dienone is 4. The lowest BCUT2D eigenvalue weighted by Gasteiger charge is -1.79.